The molecule has 3 heterocycles. The van der Waals surface area contributed by atoms with Crippen molar-refractivity contribution in [2.45, 2.75) is 32.4 Å². The Morgan fingerprint density at radius 1 is 1.17 bits per heavy atom. The van der Waals surface area contributed by atoms with Gasteiger partial charge in [-0.05, 0) is 38.4 Å². The molecule has 1 saturated heterocycles. The number of aromatic nitrogens is 4. The Hall–Kier alpha value is -2.27. The zero-order valence-corrected chi connectivity index (χ0v) is 13.6. The molecule has 0 spiro atoms. The first-order valence-corrected chi connectivity index (χ1v) is 8.15. The fourth-order valence-electron chi connectivity index (χ4n) is 3.51. The van der Waals surface area contributed by atoms with E-state index in [4.69, 9.17) is 4.98 Å². The van der Waals surface area contributed by atoms with Crippen molar-refractivity contribution in [2.75, 3.05) is 6.54 Å². The van der Waals surface area contributed by atoms with E-state index in [1.807, 2.05) is 25.4 Å². The third kappa shape index (κ3) is 2.61. The van der Waals surface area contributed by atoms with Gasteiger partial charge >= 0.3 is 0 Å². The van der Waals surface area contributed by atoms with Crippen LogP contribution in [0, 0.1) is 6.92 Å². The predicted molar refractivity (Wildman–Crippen MR) is 89.9 cm³/mol. The highest BCUT2D eigenvalue weighted by Gasteiger charge is 2.28. The summed E-state index contributed by atoms with van der Waals surface area (Å²) in [5.74, 6) is 1.11. The van der Waals surface area contributed by atoms with E-state index < -0.39 is 0 Å². The summed E-state index contributed by atoms with van der Waals surface area (Å²) >= 11 is 0. The fraction of sp³-hybridized carbons (Fsp3) is 0.389. The summed E-state index contributed by atoms with van der Waals surface area (Å²) in [6.45, 7) is 3.94. The van der Waals surface area contributed by atoms with Crippen molar-refractivity contribution < 1.29 is 0 Å². The zero-order chi connectivity index (χ0) is 15.8. The topological polar surface area (TPSA) is 46.8 Å². The molecule has 1 atom stereocenters. The second-order valence-electron chi connectivity index (χ2n) is 6.29. The van der Waals surface area contributed by atoms with Crippen LogP contribution in [0.4, 0.5) is 0 Å². The van der Waals surface area contributed by atoms with Crippen LogP contribution in [0.25, 0.3) is 11.0 Å². The number of para-hydroxylation sites is 2. The van der Waals surface area contributed by atoms with E-state index in [-0.39, 0.29) is 0 Å². The first-order chi connectivity index (χ1) is 11.2. The third-order valence-electron chi connectivity index (χ3n) is 4.70. The first-order valence-electron chi connectivity index (χ1n) is 8.15. The number of benzene rings is 1. The minimum atomic E-state index is 0.349. The molecule has 5 heteroatoms. The molecule has 0 unspecified atom stereocenters. The molecule has 0 N–H and O–H groups in total. The fourth-order valence-corrected chi connectivity index (χ4v) is 3.51. The Labute approximate surface area is 136 Å². The number of likely N-dealkylation sites (tertiary alicyclic amines) is 1. The molecule has 1 aromatic carbocycles. The van der Waals surface area contributed by atoms with Gasteiger partial charge in [0, 0.05) is 19.4 Å². The van der Waals surface area contributed by atoms with Crippen LogP contribution in [-0.4, -0.2) is 31.0 Å². The lowest BCUT2D eigenvalue weighted by atomic mass is 10.1. The van der Waals surface area contributed by atoms with Crippen LogP contribution >= 0.6 is 0 Å². The second kappa shape index (κ2) is 5.74. The molecule has 2 aromatic heterocycles. The van der Waals surface area contributed by atoms with Crippen LogP contribution in [0.1, 0.15) is 36.1 Å². The maximum atomic E-state index is 4.81. The molecule has 1 fully saturated rings. The largest absolute Gasteiger partial charge is 0.330 e. The number of rotatable bonds is 3. The predicted octanol–water partition coefficient (Wildman–Crippen LogP) is 3.01. The summed E-state index contributed by atoms with van der Waals surface area (Å²) in [5.41, 5.74) is 4.32. The van der Waals surface area contributed by atoms with E-state index in [1.54, 1.807) is 0 Å². The maximum Gasteiger partial charge on any atom is 0.123 e. The Morgan fingerprint density at radius 2 is 2.04 bits per heavy atom. The van der Waals surface area contributed by atoms with Crippen molar-refractivity contribution in [1.82, 2.24) is 24.4 Å². The molecule has 3 aromatic rings. The normalized spacial score (nSPS) is 18.8. The van der Waals surface area contributed by atoms with Crippen molar-refractivity contribution in [2.24, 2.45) is 7.05 Å². The van der Waals surface area contributed by atoms with E-state index in [1.165, 1.54) is 11.9 Å². The van der Waals surface area contributed by atoms with Crippen molar-refractivity contribution in [1.29, 1.82) is 0 Å². The van der Waals surface area contributed by atoms with Gasteiger partial charge in [0.05, 0.1) is 35.0 Å². The van der Waals surface area contributed by atoms with Gasteiger partial charge in [0.1, 0.15) is 5.82 Å². The van der Waals surface area contributed by atoms with Gasteiger partial charge in [-0.25, -0.2) is 4.98 Å². The molecule has 0 bridgehead atoms. The van der Waals surface area contributed by atoms with Gasteiger partial charge in [-0.1, -0.05) is 12.1 Å². The highest BCUT2D eigenvalue weighted by Crippen LogP contribution is 2.32. The molecule has 118 valence electrons. The van der Waals surface area contributed by atoms with Crippen LogP contribution in [0.15, 0.2) is 36.7 Å². The summed E-state index contributed by atoms with van der Waals surface area (Å²) in [4.78, 5) is 16.3. The molecular weight excluding hydrogens is 286 g/mol. The van der Waals surface area contributed by atoms with Crippen molar-refractivity contribution in [3.8, 4) is 0 Å². The van der Waals surface area contributed by atoms with Gasteiger partial charge in [0.2, 0.25) is 0 Å². The summed E-state index contributed by atoms with van der Waals surface area (Å²) in [7, 11) is 2.10. The third-order valence-corrected chi connectivity index (χ3v) is 4.70. The standard InChI is InChI=1S/C18H21N5/c1-13-10-19-11-15(20-13)17-8-5-9-23(17)12-18-21-14-6-3-4-7-16(14)22(18)2/h3-4,6-7,10-11,17H,5,8-9,12H2,1-2H3/t17-/m0/s1. The summed E-state index contributed by atoms with van der Waals surface area (Å²) in [5, 5.41) is 0. The lowest BCUT2D eigenvalue weighted by Gasteiger charge is -2.23. The van der Waals surface area contributed by atoms with E-state index >= 15 is 0 Å². The van der Waals surface area contributed by atoms with Crippen LogP contribution in [0.5, 0.6) is 0 Å². The Balaban J connectivity index is 1.63. The lowest BCUT2D eigenvalue weighted by Crippen LogP contribution is -2.25. The number of aryl methyl sites for hydroxylation is 2. The molecule has 0 aliphatic carbocycles. The summed E-state index contributed by atoms with van der Waals surface area (Å²) in [6, 6.07) is 8.66. The summed E-state index contributed by atoms with van der Waals surface area (Å²) < 4.78 is 2.20. The van der Waals surface area contributed by atoms with E-state index in [0.717, 1.165) is 42.2 Å². The number of hydrogen-bond acceptors (Lipinski definition) is 4. The van der Waals surface area contributed by atoms with Crippen LogP contribution in [0.3, 0.4) is 0 Å². The zero-order valence-electron chi connectivity index (χ0n) is 13.6. The van der Waals surface area contributed by atoms with E-state index in [2.05, 4.69) is 44.7 Å². The van der Waals surface area contributed by atoms with Gasteiger partial charge in [0.15, 0.2) is 0 Å². The molecule has 23 heavy (non-hydrogen) atoms. The van der Waals surface area contributed by atoms with Gasteiger partial charge in [0.25, 0.3) is 0 Å². The van der Waals surface area contributed by atoms with Crippen molar-refractivity contribution in [3.05, 3.63) is 53.9 Å². The number of hydrogen-bond donors (Lipinski definition) is 0. The average molecular weight is 307 g/mol. The van der Waals surface area contributed by atoms with Crippen LogP contribution in [-0.2, 0) is 13.6 Å². The number of nitrogens with zero attached hydrogens (tertiary/aromatic N) is 5. The van der Waals surface area contributed by atoms with Crippen LogP contribution in [0.2, 0.25) is 0 Å². The van der Waals surface area contributed by atoms with Gasteiger partial charge in [-0.15, -0.1) is 0 Å². The van der Waals surface area contributed by atoms with Gasteiger partial charge in [-0.2, -0.15) is 0 Å². The van der Waals surface area contributed by atoms with Gasteiger partial charge in [-0.3, -0.25) is 14.9 Å². The SMILES string of the molecule is Cc1cncc([C@@H]2CCCN2Cc2nc3ccccc3n2C)n1. The van der Waals surface area contributed by atoms with Crippen molar-refractivity contribution >= 4 is 11.0 Å². The molecule has 1 aliphatic heterocycles. The molecule has 0 radical (unpaired) electrons. The van der Waals surface area contributed by atoms with E-state index in [0.29, 0.717) is 6.04 Å². The smallest absolute Gasteiger partial charge is 0.123 e. The van der Waals surface area contributed by atoms with Crippen LogP contribution < -0.4 is 0 Å². The second-order valence-corrected chi connectivity index (χ2v) is 6.29. The number of fused-ring (bicyclic) bond motifs is 1. The molecule has 1 aliphatic rings. The maximum absolute atomic E-state index is 4.81. The Kier molecular flexibility index (Phi) is 3.58. The highest BCUT2D eigenvalue weighted by molar-refractivity contribution is 5.75. The molecular formula is C18H21N5. The first kappa shape index (κ1) is 14.3. The molecule has 0 amide bonds. The van der Waals surface area contributed by atoms with Gasteiger partial charge < -0.3 is 4.57 Å². The monoisotopic (exact) mass is 307 g/mol. The molecule has 0 saturated carbocycles. The summed E-state index contributed by atoms with van der Waals surface area (Å²) in [6.07, 6.45) is 6.06. The lowest BCUT2D eigenvalue weighted by molar-refractivity contribution is 0.236. The number of imidazole rings is 1. The highest BCUT2D eigenvalue weighted by atomic mass is 15.2. The van der Waals surface area contributed by atoms with E-state index in [9.17, 15) is 0 Å². The Bertz CT molecular complexity index is 838. The minimum absolute atomic E-state index is 0.349. The van der Waals surface area contributed by atoms with Crippen molar-refractivity contribution in [3.63, 3.8) is 0 Å². The molecule has 4 rings (SSSR count). The molecule has 5 nitrogen and oxygen atoms in total. The Morgan fingerprint density at radius 3 is 2.87 bits per heavy atom. The average Bonchev–Trinajstić information content (AvgIpc) is 3.14. The quantitative estimate of drug-likeness (QED) is 0.746. The minimum Gasteiger partial charge on any atom is -0.330 e.